The molecule has 0 aliphatic carbocycles. The largest absolute Gasteiger partial charge is 0.411 e. The highest BCUT2D eigenvalue weighted by atomic mass is 35.5. The number of ether oxygens (including phenoxy) is 1. The van der Waals surface area contributed by atoms with E-state index in [1.54, 1.807) is 13.0 Å². The molecule has 62 valence electrons. The molecule has 0 aromatic heterocycles. The molecule has 0 aromatic rings. The molecular weight excluding hydrogens is 164 g/mol. The summed E-state index contributed by atoms with van der Waals surface area (Å²) in [5, 5.41) is 0.112. The Morgan fingerprint density at radius 2 is 2.27 bits per heavy atom. The standard InChI is InChI=1S/C8H11ClO2/c1-4-5-7(9)11-8(10)6(2)3/h5H,2,4H2,1,3H3. The highest BCUT2D eigenvalue weighted by Gasteiger charge is 2.04. The Hall–Kier alpha value is -0.760. The van der Waals surface area contributed by atoms with Gasteiger partial charge in [-0.25, -0.2) is 4.79 Å². The maximum Gasteiger partial charge on any atom is 0.339 e. The van der Waals surface area contributed by atoms with Crippen LogP contribution in [-0.4, -0.2) is 5.97 Å². The first-order chi connectivity index (χ1) is 5.07. The molecule has 0 atom stereocenters. The second-order valence-corrected chi connectivity index (χ2v) is 2.46. The fraction of sp³-hybridized carbons (Fsp3) is 0.375. The zero-order valence-electron chi connectivity index (χ0n) is 6.69. The Morgan fingerprint density at radius 3 is 2.64 bits per heavy atom. The van der Waals surface area contributed by atoms with Crippen molar-refractivity contribution in [3.63, 3.8) is 0 Å². The van der Waals surface area contributed by atoms with Crippen molar-refractivity contribution in [2.24, 2.45) is 0 Å². The minimum atomic E-state index is -0.486. The number of carbonyl (C=O) groups is 1. The van der Waals surface area contributed by atoms with Gasteiger partial charge in [-0.1, -0.05) is 13.5 Å². The van der Waals surface area contributed by atoms with E-state index in [9.17, 15) is 4.79 Å². The average Bonchev–Trinajstić information content (AvgIpc) is 1.87. The van der Waals surface area contributed by atoms with Gasteiger partial charge >= 0.3 is 5.97 Å². The SMILES string of the molecule is C=C(C)C(=O)OC(Cl)=CCC. The fourth-order valence-corrected chi connectivity index (χ4v) is 0.602. The number of rotatable bonds is 3. The average molecular weight is 175 g/mol. The van der Waals surface area contributed by atoms with Gasteiger partial charge in [0.2, 0.25) is 0 Å². The van der Waals surface area contributed by atoms with Gasteiger partial charge in [-0.05, 0) is 31.0 Å². The molecule has 0 fully saturated rings. The van der Waals surface area contributed by atoms with E-state index in [-0.39, 0.29) is 5.22 Å². The van der Waals surface area contributed by atoms with Crippen LogP contribution >= 0.6 is 11.6 Å². The molecule has 2 nitrogen and oxygen atoms in total. The molecule has 0 radical (unpaired) electrons. The molecular formula is C8H11ClO2. The lowest BCUT2D eigenvalue weighted by Gasteiger charge is -1.99. The summed E-state index contributed by atoms with van der Waals surface area (Å²) in [7, 11) is 0. The van der Waals surface area contributed by atoms with Gasteiger partial charge in [-0.2, -0.15) is 0 Å². The van der Waals surface area contributed by atoms with E-state index in [0.29, 0.717) is 5.57 Å². The van der Waals surface area contributed by atoms with E-state index in [4.69, 9.17) is 11.6 Å². The monoisotopic (exact) mass is 174 g/mol. The quantitative estimate of drug-likeness (QED) is 0.374. The first-order valence-electron chi connectivity index (χ1n) is 3.31. The van der Waals surface area contributed by atoms with Crippen molar-refractivity contribution in [1.82, 2.24) is 0 Å². The first kappa shape index (κ1) is 10.2. The van der Waals surface area contributed by atoms with Crippen molar-refractivity contribution < 1.29 is 9.53 Å². The van der Waals surface area contributed by atoms with Gasteiger partial charge in [0.15, 0.2) is 5.22 Å². The minimum absolute atomic E-state index is 0.112. The third-order valence-electron chi connectivity index (χ3n) is 0.903. The van der Waals surface area contributed by atoms with Gasteiger partial charge in [0.05, 0.1) is 0 Å². The smallest absolute Gasteiger partial charge is 0.339 e. The van der Waals surface area contributed by atoms with Crippen LogP contribution in [-0.2, 0) is 9.53 Å². The van der Waals surface area contributed by atoms with E-state index < -0.39 is 5.97 Å². The van der Waals surface area contributed by atoms with Gasteiger partial charge in [0, 0.05) is 5.57 Å². The van der Waals surface area contributed by atoms with Gasteiger partial charge in [-0.3, -0.25) is 0 Å². The summed E-state index contributed by atoms with van der Waals surface area (Å²) in [5.41, 5.74) is 0.340. The Labute approximate surface area is 71.5 Å². The second kappa shape index (κ2) is 4.97. The summed E-state index contributed by atoms with van der Waals surface area (Å²) in [6, 6.07) is 0. The Morgan fingerprint density at radius 1 is 1.73 bits per heavy atom. The van der Waals surface area contributed by atoms with Crippen LogP contribution in [0, 0.1) is 0 Å². The van der Waals surface area contributed by atoms with Crippen molar-refractivity contribution in [2.45, 2.75) is 20.3 Å². The van der Waals surface area contributed by atoms with Crippen molar-refractivity contribution >= 4 is 17.6 Å². The van der Waals surface area contributed by atoms with Gasteiger partial charge in [-0.15, -0.1) is 0 Å². The summed E-state index contributed by atoms with van der Waals surface area (Å²) in [6.07, 6.45) is 2.35. The Kier molecular flexibility index (Phi) is 4.62. The molecule has 0 heterocycles. The van der Waals surface area contributed by atoms with E-state index in [1.807, 2.05) is 6.92 Å². The number of halogens is 1. The molecule has 0 saturated heterocycles. The fourth-order valence-electron chi connectivity index (χ4n) is 0.378. The topological polar surface area (TPSA) is 26.3 Å². The molecule has 0 bridgehead atoms. The maximum absolute atomic E-state index is 10.8. The number of carbonyl (C=O) groups excluding carboxylic acids is 1. The zero-order chi connectivity index (χ0) is 8.85. The van der Waals surface area contributed by atoms with Gasteiger partial charge < -0.3 is 4.74 Å². The number of esters is 1. The van der Waals surface area contributed by atoms with E-state index in [1.165, 1.54) is 0 Å². The maximum atomic E-state index is 10.8. The molecule has 0 aromatic carbocycles. The van der Waals surface area contributed by atoms with Crippen LogP contribution in [0.15, 0.2) is 23.4 Å². The first-order valence-corrected chi connectivity index (χ1v) is 3.69. The van der Waals surface area contributed by atoms with Crippen LogP contribution in [0.2, 0.25) is 0 Å². The molecule has 0 saturated carbocycles. The summed E-state index contributed by atoms with van der Waals surface area (Å²) in [5.74, 6) is -0.486. The van der Waals surface area contributed by atoms with Gasteiger partial charge in [0.25, 0.3) is 0 Å². The predicted molar refractivity (Wildman–Crippen MR) is 45.1 cm³/mol. The molecule has 0 unspecified atom stereocenters. The van der Waals surface area contributed by atoms with E-state index in [0.717, 1.165) is 6.42 Å². The number of hydrogen-bond donors (Lipinski definition) is 0. The molecule has 0 aliphatic heterocycles. The molecule has 0 amide bonds. The Bertz CT molecular complexity index is 194. The molecule has 0 N–H and O–H groups in total. The summed E-state index contributed by atoms with van der Waals surface area (Å²) in [4.78, 5) is 10.8. The third kappa shape index (κ3) is 4.62. The number of allylic oxidation sites excluding steroid dienone is 1. The molecule has 11 heavy (non-hydrogen) atoms. The van der Waals surface area contributed by atoms with Crippen LogP contribution in [0.4, 0.5) is 0 Å². The molecule has 0 aliphatic rings. The normalized spacial score (nSPS) is 11.0. The highest BCUT2D eigenvalue weighted by molar-refractivity contribution is 6.29. The summed E-state index contributed by atoms with van der Waals surface area (Å²) < 4.78 is 4.64. The lowest BCUT2D eigenvalue weighted by Crippen LogP contribution is -2.01. The Balaban J connectivity index is 3.95. The lowest BCUT2D eigenvalue weighted by atomic mass is 10.4. The van der Waals surface area contributed by atoms with E-state index >= 15 is 0 Å². The summed E-state index contributed by atoms with van der Waals surface area (Å²) in [6.45, 7) is 6.88. The molecule has 0 spiro atoms. The van der Waals surface area contributed by atoms with Crippen LogP contribution in [0.3, 0.4) is 0 Å². The number of hydrogen-bond acceptors (Lipinski definition) is 2. The molecule has 3 heteroatoms. The van der Waals surface area contributed by atoms with Crippen LogP contribution < -0.4 is 0 Å². The van der Waals surface area contributed by atoms with Crippen molar-refractivity contribution in [3.05, 3.63) is 23.4 Å². The van der Waals surface area contributed by atoms with Gasteiger partial charge in [0.1, 0.15) is 0 Å². The third-order valence-corrected chi connectivity index (χ3v) is 1.13. The van der Waals surface area contributed by atoms with Crippen molar-refractivity contribution in [1.29, 1.82) is 0 Å². The predicted octanol–water partition coefficient (Wildman–Crippen LogP) is 2.60. The highest BCUT2D eigenvalue weighted by Crippen LogP contribution is 2.07. The minimum Gasteiger partial charge on any atom is -0.411 e. The summed E-state index contributed by atoms with van der Waals surface area (Å²) >= 11 is 5.50. The van der Waals surface area contributed by atoms with E-state index in [2.05, 4.69) is 11.3 Å². The zero-order valence-corrected chi connectivity index (χ0v) is 7.44. The van der Waals surface area contributed by atoms with Crippen LogP contribution in [0.25, 0.3) is 0 Å². The van der Waals surface area contributed by atoms with Crippen LogP contribution in [0.5, 0.6) is 0 Å². The second-order valence-electron chi connectivity index (χ2n) is 2.09. The van der Waals surface area contributed by atoms with Crippen molar-refractivity contribution in [3.8, 4) is 0 Å². The van der Waals surface area contributed by atoms with Crippen LogP contribution in [0.1, 0.15) is 20.3 Å². The molecule has 0 rings (SSSR count). The van der Waals surface area contributed by atoms with Crippen molar-refractivity contribution in [2.75, 3.05) is 0 Å². The lowest BCUT2D eigenvalue weighted by molar-refractivity contribution is -0.134.